The lowest BCUT2D eigenvalue weighted by molar-refractivity contribution is 0.219. The van der Waals surface area contributed by atoms with Gasteiger partial charge in [0, 0.05) is 8.59 Å². The Hall–Kier alpha value is -0.580. The van der Waals surface area contributed by atoms with Crippen LogP contribution in [0.1, 0.15) is 17.2 Å². The molecule has 0 aliphatic rings. The summed E-state index contributed by atoms with van der Waals surface area (Å²) in [6, 6.07) is 15.1. The van der Waals surface area contributed by atoms with E-state index in [1.807, 2.05) is 36.4 Å². The summed E-state index contributed by atoms with van der Waals surface area (Å²) in [7, 11) is 0. The minimum absolute atomic E-state index is 0.592. The summed E-state index contributed by atoms with van der Waals surface area (Å²) in [6.07, 6.45) is -0.592. The molecular formula is C13H10ClIO. The van der Waals surface area contributed by atoms with E-state index in [0.717, 1.165) is 14.7 Å². The van der Waals surface area contributed by atoms with Crippen LogP contribution in [-0.4, -0.2) is 5.11 Å². The Morgan fingerprint density at radius 3 is 2.25 bits per heavy atom. The van der Waals surface area contributed by atoms with E-state index in [-0.39, 0.29) is 0 Å². The van der Waals surface area contributed by atoms with Crippen LogP contribution >= 0.6 is 34.2 Å². The van der Waals surface area contributed by atoms with E-state index in [4.69, 9.17) is 11.6 Å². The molecule has 1 atom stereocenters. The van der Waals surface area contributed by atoms with Gasteiger partial charge in [0.25, 0.3) is 0 Å². The Morgan fingerprint density at radius 2 is 1.62 bits per heavy atom. The number of hydrogen-bond donors (Lipinski definition) is 1. The molecule has 1 nitrogen and oxygen atoms in total. The molecule has 0 saturated heterocycles. The van der Waals surface area contributed by atoms with Crippen molar-refractivity contribution in [2.45, 2.75) is 6.10 Å². The van der Waals surface area contributed by atoms with Crippen molar-refractivity contribution in [3.05, 3.63) is 68.3 Å². The first-order chi connectivity index (χ1) is 7.68. The summed E-state index contributed by atoms with van der Waals surface area (Å²) in [6.45, 7) is 0. The first-order valence-electron chi connectivity index (χ1n) is 4.86. The third-order valence-electron chi connectivity index (χ3n) is 2.39. The summed E-state index contributed by atoms with van der Waals surface area (Å²) in [4.78, 5) is 0. The molecule has 0 amide bonds. The van der Waals surface area contributed by atoms with Crippen LogP contribution in [-0.2, 0) is 0 Å². The molecule has 1 N–H and O–H groups in total. The average Bonchev–Trinajstić information content (AvgIpc) is 2.30. The summed E-state index contributed by atoms with van der Waals surface area (Å²) < 4.78 is 1.06. The van der Waals surface area contributed by atoms with Gasteiger partial charge in [-0.2, -0.15) is 0 Å². The van der Waals surface area contributed by atoms with Crippen molar-refractivity contribution in [2.24, 2.45) is 0 Å². The molecule has 0 aliphatic heterocycles. The van der Waals surface area contributed by atoms with E-state index in [1.54, 1.807) is 12.1 Å². The molecule has 1 unspecified atom stereocenters. The normalized spacial score (nSPS) is 12.4. The monoisotopic (exact) mass is 344 g/mol. The molecule has 2 aromatic rings. The van der Waals surface area contributed by atoms with Crippen LogP contribution in [0.25, 0.3) is 0 Å². The summed E-state index contributed by atoms with van der Waals surface area (Å²) >= 11 is 8.03. The van der Waals surface area contributed by atoms with Crippen molar-refractivity contribution in [3.63, 3.8) is 0 Å². The predicted molar refractivity (Wildman–Crippen MR) is 74.7 cm³/mol. The smallest absolute Gasteiger partial charge is 0.105 e. The van der Waals surface area contributed by atoms with Crippen molar-refractivity contribution in [1.82, 2.24) is 0 Å². The highest BCUT2D eigenvalue weighted by atomic mass is 127. The minimum Gasteiger partial charge on any atom is -0.384 e. The first kappa shape index (κ1) is 11.9. The molecule has 0 radical (unpaired) electrons. The minimum atomic E-state index is -0.592. The van der Waals surface area contributed by atoms with Gasteiger partial charge in [0.2, 0.25) is 0 Å². The van der Waals surface area contributed by atoms with Gasteiger partial charge in [-0.15, -0.1) is 0 Å². The zero-order valence-electron chi connectivity index (χ0n) is 8.40. The largest absolute Gasteiger partial charge is 0.384 e. The highest BCUT2D eigenvalue weighted by molar-refractivity contribution is 14.1. The summed E-state index contributed by atoms with van der Waals surface area (Å²) in [5.74, 6) is 0. The number of aliphatic hydroxyl groups excluding tert-OH is 1. The molecule has 3 heteroatoms. The Kier molecular flexibility index (Phi) is 3.84. The first-order valence-corrected chi connectivity index (χ1v) is 6.32. The number of halogens is 2. The Morgan fingerprint density at radius 1 is 1.00 bits per heavy atom. The van der Waals surface area contributed by atoms with Crippen molar-refractivity contribution in [3.8, 4) is 0 Å². The molecule has 2 aromatic carbocycles. The second-order valence-corrected chi connectivity index (χ2v) is 5.07. The zero-order valence-corrected chi connectivity index (χ0v) is 11.3. The molecule has 0 heterocycles. The van der Waals surface area contributed by atoms with Gasteiger partial charge in [-0.25, -0.2) is 0 Å². The highest BCUT2D eigenvalue weighted by Gasteiger charge is 2.12. The van der Waals surface area contributed by atoms with E-state index in [9.17, 15) is 5.11 Å². The fraction of sp³-hybridized carbons (Fsp3) is 0.0769. The van der Waals surface area contributed by atoms with Gasteiger partial charge >= 0.3 is 0 Å². The number of hydrogen-bond acceptors (Lipinski definition) is 1. The topological polar surface area (TPSA) is 20.2 Å². The molecule has 16 heavy (non-hydrogen) atoms. The van der Waals surface area contributed by atoms with Crippen LogP contribution in [0.3, 0.4) is 0 Å². The highest BCUT2D eigenvalue weighted by Crippen LogP contribution is 2.26. The van der Waals surface area contributed by atoms with Gasteiger partial charge in [-0.05, 0) is 51.9 Å². The maximum atomic E-state index is 10.2. The van der Waals surface area contributed by atoms with Crippen molar-refractivity contribution in [2.75, 3.05) is 0 Å². The van der Waals surface area contributed by atoms with E-state index >= 15 is 0 Å². The number of benzene rings is 2. The van der Waals surface area contributed by atoms with Crippen LogP contribution in [0.2, 0.25) is 5.02 Å². The quantitative estimate of drug-likeness (QED) is 0.816. The van der Waals surface area contributed by atoms with E-state index in [0.29, 0.717) is 5.02 Å². The maximum absolute atomic E-state index is 10.2. The van der Waals surface area contributed by atoms with Crippen molar-refractivity contribution in [1.29, 1.82) is 0 Å². The van der Waals surface area contributed by atoms with Crippen LogP contribution in [0, 0.1) is 3.57 Å². The van der Waals surface area contributed by atoms with Crippen LogP contribution in [0.15, 0.2) is 48.5 Å². The third-order valence-corrected chi connectivity index (χ3v) is 3.62. The summed E-state index contributed by atoms with van der Waals surface area (Å²) in [5, 5.41) is 10.9. The number of aliphatic hydroxyl groups is 1. The van der Waals surface area contributed by atoms with Gasteiger partial charge < -0.3 is 5.11 Å². The molecule has 0 aliphatic carbocycles. The van der Waals surface area contributed by atoms with Gasteiger partial charge in [-0.1, -0.05) is 41.9 Å². The Bertz CT molecular complexity index is 482. The van der Waals surface area contributed by atoms with E-state index < -0.39 is 6.10 Å². The molecule has 2 rings (SSSR count). The fourth-order valence-electron chi connectivity index (χ4n) is 1.52. The second kappa shape index (κ2) is 5.17. The fourth-order valence-corrected chi connectivity index (χ4v) is 2.33. The number of rotatable bonds is 2. The zero-order chi connectivity index (χ0) is 11.5. The summed E-state index contributed by atoms with van der Waals surface area (Å²) in [5.41, 5.74) is 1.78. The molecule has 0 saturated carbocycles. The molecule has 0 aromatic heterocycles. The SMILES string of the molecule is OC(c1ccc(Cl)cc1)c1ccccc1I. The predicted octanol–water partition coefficient (Wildman–Crippen LogP) is 4.03. The lowest BCUT2D eigenvalue weighted by Crippen LogP contribution is -2.01. The molecule has 0 fully saturated rings. The van der Waals surface area contributed by atoms with Crippen molar-refractivity contribution < 1.29 is 5.11 Å². The van der Waals surface area contributed by atoms with Crippen LogP contribution in [0.4, 0.5) is 0 Å². The van der Waals surface area contributed by atoms with E-state index in [1.165, 1.54) is 0 Å². The molecule has 0 bridgehead atoms. The van der Waals surface area contributed by atoms with Gasteiger partial charge in [0.1, 0.15) is 6.10 Å². The third kappa shape index (κ3) is 2.56. The van der Waals surface area contributed by atoms with Crippen LogP contribution in [0.5, 0.6) is 0 Å². The van der Waals surface area contributed by atoms with Gasteiger partial charge in [-0.3, -0.25) is 0 Å². The molecule has 82 valence electrons. The lowest BCUT2D eigenvalue weighted by Gasteiger charge is -2.13. The molecule has 0 spiro atoms. The Labute approximate surface area is 113 Å². The molecular weight excluding hydrogens is 334 g/mol. The van der Waals surface area contributed by atoms with E-state index in [2.05, 4.69) is 22.6 Å². The van der Waals surface area contributed by atoms with Crippen LogP contribution < -0.4 is 0 Å². The van der Waals surface area contributed by atoms with Crippen molar-refractivity contribution >= 4 is 34.2 Å². The maximum Gasteiger partial charge on any atom is 0.105 e. The standard InChI is InChI=1S/C13H10ClIO/c14-10-7-5-9(6-8-10)13(16)11-3-1-2-4-12(11)15/h1-8,13,16H. The van der Waals surface area contributed by atoms with Gasteiger partial charge in [0.15, 0.2) is 0 Å². The van der Waals surface area contributed by atoms with Gasteiger partial charge in [0.05, 0.1) is 0 Å². The Balaban J connectivity index is 2.35. The average molecular weight is 345 g/mol. The lowest BCUT2D eigenvalue weighted by atomic mass is 10.0. The second-order valence-electron chi connectivity index (χ2n) is 3.48.